The molecule has 9 aromatic carbocycles. The van der Waals surface area contributed by atoms with Gasteiger partial charge in [-0.25, -0.2) is 0 Å². The van der Waals surface area contributed by atoms with Gasteiger partial charge in [0.2, 0.25) is 0 Å². The molecule has 0 N–H and O–H groups in total. The Labute approximate surface area is 195 Å². The van der Waals surface area contributed by atoms with Crippen molar-refractivity contribution in [3.05, 3.63) is 109 Å². The van der Waals surface area contributed by atoms with Gasteiger partial charge < -0.3 is 0 Å². The van der Waals surface area contributed by atoms with Gasteiger partial charge in [0.1, 0.15) is 0 Å². The Morgan fingerprint density at radius 2 is 0.706 bits per heavy atom. The maximum atomic E-state index is 2.37. The molecule has 0 radical (unpaired) electrons. The summed E-state index contributed by atoms with van der Waals surface area (Å²) in [5, 5.41) is 21.7. The van der Waals surface area contributed by atoms with Gasteiger partial charge in [0.25, 0.3) is 0 Å². The smallest absolute Gasteiger partial charge is 0.00134 e. The van der Waals surface area contributed by atoms with Gasteiger partial charge in [0, 0.05) is 0 Å². The van der Waals surface area contributed by atoms with Crippen molar-refractivity contribution in [2.24, 2.45) is 0 Å². The molecular formula is C34H18. The highest BCUT2D eigenvalue weighted by Crippen LogP contribution is 2.48. The fourth-order valence-electron chi connectivity index (χ4n) is 6.79. The minimum atomic E-state index is 1.31. The molecule has 34 heavy (non-hydrogen) atoms. The summed E-state index contributed by atoms with van der Waals surface area (Å²) >= 11 is 0. The van der Waals surface area contributed by atoms with Crippen molar-refractivity contribution in [1.82, 2.24) is 0 Å². The van der Waals surface area contributed by atoms with Crippen LogP contribution in [0.2, 0.25) is 0 Å². The van der Waals surface area contributed by atoms with Crippen LogP contribution in [0.5, 0.6) is 0 Å². The number of hydrogen-bond donors (Lipinski definition) is 0. The molecule has 0 aliphatic carbocycles. The second-order valence-corrected chi connectivity index (χ2v) is 9.66. The molecule has 0 bridgehead atoms. The molecule has 0 unspecified atom stereocenters. The molecule has 0 spiro atoms. The molecule has 0 aromatic heterocycles. The molecule has 0 nitrogen and oxygen atoms in total. The van der Waals surface area contributed by atoms with Crippen LogP contribution in [0, 0.1) is 0 Å². The van der Waals surface area contributed by atoms with Gasteiger partial charge in [0.05, 0.1) is 0 Å². The summed E-state index contributed by atoms with van der Waals surface area (Å²) in [5.74, 6) is 0. The van der Waals surface area contributed by atoms with Crippen LogP contribution in [0.15, 0.2) is 109 Å². The first-order chi connectivity index (χ1) is 16.9. The number of rotatable bonds is 0. The topological polar surface area (TPSA) is 0 Å². The zero-order chi connectivity index (χ0) is 22.0. The first-order valence-electron chi connectivity index (χ1n) is 12.0. The second-order valence-electron chi connectivity index (χ2n) is 9.66. The summed E-state index contributed by atoms with van der Waals surface area (Å²) < 4.78 is 0. The molecule has 0 aliphatic heterocycles. The average molecular weight is 427 g/mol. The average Bonchev–Trinajstić information content (AvgIpc) is 2.90. The van der Waals surface area contributed by atoms with Crippen molar-refractivity contribution in [3.63, 3.8) is 0 Å². The highest BCUT2D eigenvalue weighted by Gasteiger charge is 2.20. The zero-order valence-electron chi connectivity index (χ0n) is 18.4. The van der Waals surface area contributed by atoms with Crippen molar-refractivity contribution >= 4 is 86.2 Å². The van der Waals surface area contributed by atoms with Crippen LogP contribution in [0.3, 0.4) is 0 Å². The van der Waals surface area contributed by atoms with E-state index < -0.39 is 0 Å². The van der Waals surface area contributed by atoms with Gasteiger partial charge in [-0.2, -0.15) is 0 Å². The highest BCUT2D eigenvalue weighted by molar-refractivity contribution is 6.45. The van der Waals surface area contributed by atoms with Crippen LogP contribution in [0.4, 0.5) is 0 Å². The van der Waals surface area contributed by atoms with Crippen LogP contribution >= 0.6 is 0 Å². The predicted molar refractivity (Wildman–Crippen MR) is 149 cm³/mol. The molecule has 0 amide bonds. The van der Waals surface area contributed by atoms with Gasteiger partial charge in [-0.15, -0.1) is 0 Å². The van der Waals surface area contributed by atoms with Crippen molar-refractivity contribution in [1.29, 1.82) is 0 Å². The SMILES string of the molecule is c1ccc2c(c1)cc1ccc3c4c(ccc2c14)c1cccc2c4cccc5cccc(c54)c3c21. The summed E-state index contributed by atoms with van der Waals surface area (Å²) in [6, 6.07) is 40.9. The molecule has 0 aliphatic rings. The largest absolute Gasteiger partial charge is 0.0616 e. The summed E-state index contributed by atoms with van der Waals surface area (Å²) in [6.07, 6.45) is 0. The third kappa shape index (κ3) is 1.85. The zero-order valence-corrected chi connectivity index (χ0v) is 18.4. The van der Waals surface area contributed by atoms with E-state index in [0.717, 1.165) is 0 Å². The van der Waals surface area contributed by atoms with Crippen LogP contribution in [0.1, 0.15) is 0 Å². The Bertz CT molecular complexity index is 2260. The first kappa shape index (κ1) is 17.1. The van der Waals surface area contributed by atoms with E-state index in [0.29, 0.717) is 0 Å². The van der Waals surface area contributed by atoms with Crippen LogP contribution in [-0.2, 0) is 0 Å². The van der Waals surface area contributed by atoms with E-state index in [9.17, 15) is 0 Å². The van der Waals surface area contributed by atoms with E-state index in [1.807, 2.05) is 0 Å². The molecular weight excluding hydrogens is 408 g/mol. The fraction of sp³-hybridized carbons (Fsp3) is 0. The van der Waals surface area contributed by atoms with E-state index in [1.54, 1.807) is 0 Å². The number of benzene rings is 9. The lowest BCUT2D eigenvalue weighted by molar-refractivity contribution is 1.79. The second kappa shape index (κ2) is 5.73. The Hall–Kier alpha value is -4.42. The minimum absolute atomic E-state index is 1.31. The Kier molecular flexibility index (Phi) is 2.88. The standard InChI is InChI=1S/C34H18/c1-2-9-22-20(6-1)18-21-14-15-29-33-27(17-16-26(22)31(21)33)25-12-5-11-24-23-10-3-7-19-8-4-13-28(30(19)23)34(29)32(24)25/h1-18H. The molecule has 0 fully saturated rings. The normalized spacial score (nSPS) is 12.7. The molecule has 0 saturated carbocycles. The van der Waals surface area contributed by atoms with Crippen molar-refractivity contribution in [2.75, 3.05) is 0 Å². The monoisotopic (exact) mass is 426 g/mol. The van der Waals surface area contributed by atoms with Crippen LogP contribution in [-0.4, -0.2) is 0 Å². The summed E-state index contributed by atoms with van der Waals surface area (Å²) in [7, 11) is 0. The maximum absolute atomic E-state index is 2.37. The molecule has 0 atom stereocenters. The van der Waals surface area contributed by atoms with Crippen molar-refractivity contribution in [3.8, 4) is 0 Å². The third-order valence-corrected chi connectivity index (χ3v) is 8.09. The van der Waals surface area contributed by atoms with Gasteiger partial charge in [0.15, 0.2) is 0 Å². The van der Waals surface area contributed by atoms with Gasteiger partial charge in [-0.1, -0.05) is 103 Å². The van der Waals surface area contributed by atoms with E-state index >= 15 is 0 Å². The Morgan fingerprint density at radius 1 is 0.235 bits per heavy atom. The van der Waals surface area contributed by atoms with Crippen LogP contribution in [0.25, 0.3) is 86.2 Å². The number of fused-ring (bicyclic) bond motifs is 6. The van der Waals surface area contributed by atoms with Crippen LogP contribution < -0.4 is 0 Å². The Morgan fingerprint density at radius 3 is 1.53 bits per heavy atom. The third-order valence-electron chi connectivity index (χ3n) is 8.09. The minimum Gasteiger partial charge on any atom is -0.0616 e. The van der Waals surface area contributed by atoms with Crippen molar-refractivity contribution < 1.29 is 0 Å². The lowest BCUT2D eigenvalue weighted by Crippen LogP contribution is -1.92. The van der Waals surface area contributed by atoms with E-state index in [4.69, 9.17) is 0 Å². The quantitative estimate of drug-likeness (QED) is 0.167. The van der Waals surface area contributed by atoms with E-state index in [-0.39, 0.29) is 0 Å². The van der Waals surface area contributed by atoms with E-state index in [1.165, 1.54) is 86.2 Å². The molecule has 0 heterocycles. The first-order valence-corrected chi connectivity index (χ1v) is 12.0. The fourth-order valence-corrected chi connectivity index (χ4v) is 6.79. The summed E-state index contributed by atoms with van der Waals surface area (Å²) in [4.78, 5) is 0. The summed E-state index contributed by atoms with van der Waals surface area (Å²) in [6.45, 7) is 0. The molecule has 0 saturated heterocycles. The Balaban J connectivity index is 1.70. The van der Waals surface area contributed by atoms with Gasteiger partial charge in [-0.3, -0.25) is 0 Å². The molecule has 0 heteroatoms. The molecule has 9 rings (SSSR count). The van der Waals surface area contributed by atoms with Crippen molar-refractivity contribution in [2.45, 2.75) is 0 Å². The number of hydrogen-bond acceptors (Lipinski definition) is 0. The highest BCUT2D eigenvalue weighted by atomic mass is 14.2. The molecule has 9 aromatic rings. The lowest BCUT2D eigenvalue weighted by Gasteiger charge is -2.20. The maximum Gasteiger partial charge on any atom is -0.00134 e. The van der Waals surface area contributed by atoms with Gasteiger partial charge >= 0.3 is 0 Å². The molecule has 154 valence electrons. The van der Waals surface area contributed by atoms with Gasteiger partial charge in [-0.05, 0) is 92.2 Å². The predicted octanol–water partition coefficient (Wildman–Crippen LogP) is 9.79. The van der Waals surface area contributed by atoms with E-state index in [2.05, 4.69) is 109 Å². The lowest BCUT2D eigenvalue weighted by atomic mass is 9.83. The summed E-state index contributed by atoms with van der Waals surface area (Å²) in [5.41, 5.74) is 0.